The number of fused-ring (bicyclic) bond motifs is 3. The number of aryl methyl sites for hydroxylation is 1. The van der Waals surface area contributed by atoms with E-state index in [-0.39, 0.29) is 54.1 Å². The highest BCUT2D eigenvalue weighted by atomic mass is 31.2. The van der Waals surface area contributed by atoms with Crippen LogP contribution in [-0.2, 0) is 78.7 Å². The molecule has 1 aromatic heterocycles. The van der Waals surface area contributed by atoms with E-state index in [0.29, 0.717) is 38.8 Å². The number of aromatic hydroxyl groups is 1. The molecule has 13 heteroatoms. The van der Waals surface area contributed by atoms with Gasteiger partial charge in [-0.05, 0) is 131 Å². The lowest BCUT2D eigenvalue weighted by Crippen LogP contribution is -2.45. The van der Waals surface area contributed by atoms with Crippen LogP contribution >= 0.6 is 25.4 Å². The van der Waals surface area contributed by atoms with E-state index in [9.17, 15) is 5.11 Å². The molecule has 0 unspecified atom stereocenters. The molecule has 111 heavy (non-hydrogen) atoms. The smallest absolute Gasteiger partial charge is 0.397 e. The number of hydrogen-bond donors (Lipinski definition) is 1. The van der Waals surface area contributed by atoms with Crippen molar-refractivity contribution in [2.75, 3.05) is 33.0 Å². The fourth-order valence-corrected chi connectivity index (χ4v) is 18.5. The highest BCUT2D eigenvalue weighted by Gasteiger charge is 2.46. The molecule has 2 aliphatic rings. The molecule has 2 saturated heterocycles. The summed E-state index contributed by atoms with van der Waals surface area (Å²) in [5.74, 6) is 1.92. The lowest BCUT2D eigenvalue weighted by molar-refractivity contribution is -0.0673. The van der Waals surface area contributed by atoms with E-state index in [2.05, 4.69) is 374 Å². The molecular formula is C98H125O10P3. The van der Waals surface area contributed by atoms with E-state index in [0.717, 1.165) is 68.5 Å². The molecule has 1 N–H and O–H groups in total. The molecule has 0 radical (unpaired) electrons. The molecule has 12 rings (SSSR count). The molecule has 0 bridgehead atoms. The quantitative estimate of drug-likeness (QED) is 0.0699. The Kier molecular flexibility index (Phi) is 24.7. The predicted molar refractivity (Wildman–Crippen MR) is 465 cm³/mol. The van der Waals surface area contributed by atoms with Crippen LogP contribution in [-0.4, -0.2) is 38.1 Å². The fourth-order valence-electron chi connectivity index (χ4n) is 14.8. The van der Waals surface area contributed by atoms with E-state index in [4.69, 9.17) is 40.1 Å². The molecule has 0 aliphatic carbocycles. The number of hydrogen-bond acceptors (Lipinski definition) is 10. The standard InChI is InChI=1S/C53H58O6P2.C45H67O4P/c1-49(2,39-21-13-9-14-22-39)43-29-31-47(45(33-43)51(5,6)41-25-17-11-18-26-41)58-60-54-35-53(36-55-60)37-56-61(57-38-53)59-48-32-30-44(50(3,4)40-23-15-10-16-24-40)34-46(48)52(7,8)42-27-19-12-20-28-42;1-40(2,3)29-24-31-32-25-30(41(4,5)6)27-36(45(16,17)18)39(32)49-50(48-38(31)35(26-29)44(13,14)15)47-21-19-20-28-22-33(42(7,8)9)37(46)34(23-28)43(10,11)12/h9-34H,35-38H2,1-8H3;22-27,46H,19-21H2,1-18H3. The zero-order valence-corrected chi connectivity index (χ0v) is 74.1. The van der Waals surface area contributed by atoms with E-state index in [1.807, 2.05) is 0 Å². The third-order valence-corrected chi connectivity index (χ3v) is 25.8. The maximum atomic E-state index is 11.2. The predicted octanol–water partition coefficient (Wildman–Crippen LogP) is 27.8. The van der Waals surface area contributed by atoms with Crippen LogP contribution in [0.25, 0.3) is 21.9 Å². The van der Waals surface area contributed by atoms with Crippen LogP contribution in [0.4, 0.5) is 0 Å². The van der Waals surface area contributed by atoms with Crippen molar-refractivity contribution in [2.45, 2.75) is 247 Å². The lowest BCUT2D eigenvalue weighted by Gasteiger charge is -2.41. The molecule has 10 nitrogen and oxygen atoms in total. The Balaban J connectivity index is 0.000000225. The van der Waals surface area contributed by atoms with Crippen LogP contribution in [0.15, 0.2) is 203 Å². The molecule has 0 atom stereocenters. The normalized spacial score (nSPS) is 17.2. The van der Waals surface area contributed by atoms with Gasteiger partial charge in [0.1, 0.15) is 28.4 Å². The molecule has 592 valence electrons. The Morgan fingerprint density at radius 1 is 0.324 bits per heavy atom. The third-order valence-electron chi connectivity index (χ3n) is 22.7. The first-order valence-corrected chi connectivity index (χ1v) is 43.0. The van der Waals surface area contributed by atoms with Crippen LogP contribution in [0.3, 0.4) is 0 Å². The Morgan fingerprint density at radius 3 is 0.937 bits per heavy atom. The van der Waals surface area contributed by atoms with Gasteiger partial charge in [0.2, 0.25) is 0 Å². The third kappa shape index (κ3) is 19.2. The Bertz CT molecular complexity index is 4600. The van der Waals surface area contributed by atoms with Crippen molar-refractivity contribution in [3.63, 3.8) is 0 Å². The SMILES string of the molecule is CC(C)(C)c1cc(C(C)(C)C)c2op(OCCCc3cc(C(C)(C)C)c(O)c(C(C)(C)C)c3)oc3c(C(C)(C)C)cc(C(C)(C)C)cc3c2c1.CC(C)(c1ccccc1)c1ccc(OP2OCC3(CO2)COP(Oc2ccc(C(C)(C)c4ccccc4)cc2C(C)(C)c2ccccc2)OC3)c(C(C)(C)c2ccccc2)c1. The van der Waals surface area contributed by atoms with E-state index >= 15 is 0 Å². The van der Waals surface area contributed by atoms with Crippen LogP contribution in [0.5, 0.6) is 17.2 Å². The maximum absolute atomic E-state index is 11.2. The number of benzene rings is 9. The summed E-state index contributed by atoms with van der Waals surface area (Å²) < 4.78 is 59.4. The molecule has 3 heterocycles. The first kappa shape index (κ1) is 84.8. The largest absolute Gasteiger partial charge is 0.507 e. The van der Waals surface area contributed by atoms with Gasteiger partial charge in [0.25, 0.3) is 0 Å². The van der Waals surface area contributed by atoms with Gasteiger partial charge in [-0.2, -0.15) is 0 Å². The van der Waals surface area contributed by atoms with Gasteiger partial charge in [-0.15, -0.1) is 0 Å². The summed E-state index contributed by atoms with van der Waals surface area (Å²) in [5, 5.41) is 13.4. The molecule has 0 saturated carbocycles. The van der Waals surface area contributed by atoms with Crippen molar-refractivity contribution in [2.24, 2.45) is 5.41 Å². The van der Waals surface area contributed by atoms with Crippen molar-refractivity contribution in [3.8, 4) is 17.2 Å². The average Bonchev–Trinajstić information content (AvgIpc) is 1.73. The summed E-state index contributed by atoms with van der Waals surface area (Å²) in [5.41, 5.74) is 16.9. The van der Waals surface area contributed by atoms with Crippen molar-refractivity contribution >= 4 is 47.4 Å². The van der Waals surface area contributed by atoms with Gasteiger partial charge in [0, 0.05) is 54.7 Å². The van der Waals surface area contributed by atoms with Gasteiger partial charge >= 0.3 is 25.4 Å². The van der Waals surface area contributed by atoms with Gasteiger partial charge in [0.05, 0.1) is 38.4 Å². The molecule has 1 spiro atoms. The topological polar surface area (TPSA) is 111 Å². The van der Waals surface area contributed by atoms with Gasteiger partial charge in [-0.3, -0.25) is 4.52 Å². The second kappa shape index (κ2) is 32.3. The summed E-state index contributed by atoms with van der Waals surface area (Å²) >= 11 is 0. The molecule has 10 aromatic rings. The summed E-state index contributed by atoms with van der Waals surface area (Å²) in [7, 11) is -5.09. The molecule has 0 amide bonds. The number of phenolic OH excluding ortho intramolecular Hbond substituents is 1. The molecule has 9 aromatic carbocycles. The minimum Gasteiger partial charge on any atom is -0.507 e. The van der Waals surface area contributed by atoms with Crippen LogP contribution in [0, 0.1) is 5.41 Å². The summed E-state index contributed by atoms with van der Waals surface area (Å²) in [4.78, 5) is 0. The first-order chi connectivity index (χ1) is 51.7. The minimum absolute atomic E-state index is 0.0496. The lowest BCUT2D eigenvalue weighted by atomic mass is 9.73. The zero-order valence-electron chi connectivity index (χ0n) is 71.4. The van der Waals surface area contributed by atoms with E-state index in [1.54, 1.807) is 0 Å². The van der Waals surface area contributed by atoms with Crippen molar-refractivity contribution in [3.05, 3.63) is 278 Å². The monoisotopic (exact) mass is 1550 g/mol. The van der Waals surface area contributed by atoms with Gasteiger partial charge in [-0.1, -0.05) is 350 Å². The fraction of sp³-hybridized carbons (Fsp3) is 0.449. The maximum Gasteiger partial charge on any atom is 0.397 e. The summed E-state index contributed by atoms with van der Waals surface area (Å²) in [6, 6.07) is 69.2. The number of phenols is 1. The van der Waals surface area contributed by atoms with Crippen molar-refractivity contribution in [1.29, 1.82) is 0 Å². The van der Waals surface area contributed by atoms with E-state index < -0.39 is 30.9 Å². The van der Waals surface area contributed by atoms with Gasteiger partial charge in [0.15, 0.2) is 0 Å². The summed E-state index contributed by atoms with van der Waals surface area (Å²) in [6.45, 7) is 60.3. The van der Waals surface area contributed by atoms with Crippen LogP contribution < -0.4 is 13.6 Å². The highest BCUT2D eigenvalue weighted by molar-refractivity contribution is 7.42. The Morgan fingerprint density at radius 2 is 0.631 bits per heavy atom. The second-order valence-corrected chi connectivity index (χ2v) is 42.7. The van der Waals surface area contributed by atoms with Crippen LogP contribution in [0.2, 0.25) is 0 Å². The second-order valence-electron chi connectivity index (χ2n) is 39.3. The van der Waals surface area contributed by atoms with Crippen LogP contribution in [0.1, 0.15) is 270 Å². The van der Waals surface area contributed by atoms with E-state index in [1.165, 1.54) is 61.2 Å². The average molecular weight is 1560 g/mol. The molecule has 2 fully saturated rings. The minimum atomic E-state index is -1.75. The molecular weight excluding hydrogens is 1430 g/mol. The summed E-state index contributed by atoms with van der Waals surface area (Å²) in [6.07, 6.45) is 1.63. The Labute approximate surface area is 668 Å². The Hall–Kier alpha value is -7.06. The zero-order chi connectivity index (χ0) is 80.9. The van der Waals surface area contributed by atoms with Gasteiger partial charge in [-0.25, -0.2) is 0 Å². The van der Waals surface area contributed by atoms with Crippen molar-refractivity contribution < 1.29 is 45.2 Å². The molecule has 2 aliphatic heterocycles. The highest BCUT2D eigenvalue weighted by Crippen LogP contribution is 2.57. The van der Waals surface area contributed by atoms with Gasteiger partial charge < -0.3 is 40.6 Å². The van der Waals surface area contributed by atoms with Crippen molar-refractivity contribution in [1.82, 2.24) is 0 Å². The number of rotatable bonds is 17. The first-order valence-electron chi connectivity index (χ1n) is 39.7.